The molecule has 3 heteroatoms. The van der Waals surface area contributed by atoms with Gasteiger partial charge in [0.1, 0.15) is 5.60 Å². The predicted octanol–water partition coefficient (Wildman–Crippen LogP) is 2.07. The van der Waals surface area contributed by atoms with Crippen LogP contribution in [0.1, 0.15) is 33.6 Å². The summed E-state index contributed by atoms with van der Waals surface area (Å²) in [4.78, 5) is 11.3. The van der Waals surface area contributed by atoms with Gasteiger partial charge in [-0.25, -0.2) is 0 Å². The van der Waals surface area contributed by atoms with E-state index in [1.807, 2.05) is 13.8 Å². The first-order chi connectivity index (χ1) is 7.84. The molecule has 0 aromatic carbocycles. The molecule has 1 saturated heterocycles. The van der Waals surface area contributed by atoms with Crippen molar-refractivity contribution in [3.05, 3.63) is 12.2 Å². The third kappa shape index (κ3) is 1.68. The standard InChI is InChI=1S/C14H18O3/c1-6-14(16-10(4)15)8-11(9(2)3)7-12-13(14,5)17-12/h1,11-12H,2,7-8H2,3-5H3/t11-,12-,13-,14-/m0/s1. The monoisotopic (exact) mass is 234 g/mol. The Morgan fingerprint density at radius 1 is 1.59 bits per heavy atom. The van der Waals surface area contributed by atoms with E-state index in [-0.39, 0.29) is 18.0 Å². The van der Waals surface area contributed by atoms with Crippen LogP contribution >= 0.6 is 0 Å². The van der Waals surface area contributed by atoms with Crippen molar-refractivity contribution in [2.75, 3.05) is 0 Å². The Balaban J connectivity index is 2.32. The van der Waals surface area contributed by atoms with E-state index in [0.717, 1.165) is 12.0 Å². The first kappa shape index (κ1) is 12.2. The van der Waals surface area contributed by atoms with Gasteiger partial charge in [-0.3, -0.25) is 4.79 Å². The maximum Gasteiger partial charge on any atom is 0.304 e. The third-order valence-electron chi connectivity index (χ3n) is 4.03. The molecule has 4 atom stereocenters. The fraction of sp³-hybridized carbons (Fsp3) is 0.643. The minimum absolute atomic E-state index is 0.0772. The van der Waals surface area contributed by atoms with E-state index in [9.17, 15) is 4.79 Å². The van der Waals surface area contributed by atoms with E-state index in [1.165, 1.54) is 6.92 Å². The average molecular weight is 234 g/mol. The van der Waals surface area contributed by atoms with E-state index in [0.29, 0.717) is 6.42 Å². The molecular weight excluding hydrogens is 216 g/mol. The number of fused-ring (bicyclic) bond motifs is 1. The first-order valence-corrected chi connectivity index (χ1v) is 5.85. The highest BCUT2D eigenvalue weighted by molar-refractivity contribution is 5.67. The van der Waals surface area contributed by atoms with Crippen molar-refractivity contribution in [3.63, 3.8) is 0 Å². The molecule has 92 valence electrons. The second-order valence-corrected chi connectivity index (χ2v) is 5.26. The van der Waals surface area contributed by atoms with Crippen LogP contribution < -0.4 is 0 Å². The zero-order valence-corrected chi connectivity index (χ0v) is 10.6. The Morgan fingerprint density at radius 3 is 2.71 bits per heavy atom. The number of terminal acetylenes is 1. The van der Waals surface area contributed by atoms with Gasteiger partial charge in [-0.15, -0.1) is 6.42 Å². The Labute approximate surface area is 102 Å². The topological polar surface area (TPSA) is 38.8 Å². The molecule has 0 N–H and O–H groups in total. The Hall–Kier alpha value is -1.27. The van der Waals surface area contributed by atoms with Gasteiger partial charge in [-0.05, 0) is 26.2 Å². The molecule has 1 aliphatic heterocycles. The number of ether oxygens (including phenoxy) is 2. The van der Waals surface area contributed by atoms with Crippen molar-refractivity contribution < 1.29 is 14.3 Å². The summed E-state index contributed by atoms with van der Waals surface area (Å²) < 4.78 is 11.1. The number of rotatable bonds is 2. The van der Waals surface area contributed by atoms with Crippen molar-refractivity contribution in [1.82, 2.24) is 0 Å². The van der Waals surface area contributed by atoms with Crippen LogP contribution in [-0.4, -0.2) is 23.3 Å². The molecule has 2 rings (SSSR count). The van der Waals surface area contributed by atoms with Crippen molar-refractivity contribution in [1.29, 1.82) is 0 Å². The summed E-state index contributed by atoms with van der Waals surface area (Å²) in [5, 5.41) is 0. The normalized spacial score (nSPS) is 43.2. The van der Waals surface area contributed by atoms with Crippen molar-refractivity contribution in [3.8, 4) is 12.3 Å². The number of carbonyl (C=O) groups excluding carboxylic acids is 1. The zero-order chi connectivity index (χ0) is 12.8. The fourth-order valence-corrected chi connectivity index (χ4v) is 2.78. The van der Waals surface area contributed by atoms with Crippen LogP contribution in [0.5, 0.6) is 0 Å². The molecule has 17 heavy (non-hydrogen) atoms. The summed E-state index contributed by atoms with van der Waals surface area (Å²) in [5.41, 5.74) is -0.389. The van der Waals surface area contributed by atoms with Gasteiger partial charge in [-0.2, -0.15) is 0 Å². The largest absolute Gasteiger partial charge is 0.443 e. The molecule has 3 nitrogen and oxygen atoms in total. The SMILES string of the molecule is C#C[C@]1(OC(C)=O)C[C@@H](C(=C)C)C[C@@H]2O[C@@]21C. The van der Waals surface area contributed by atoms with Crippen molar-refractivity contribution in [2.45, 2.75) is 50.9 Å². The van der Waals surface area contributed by atoms with Gasteiger partial charge in [0.25, 0.3) is 0 Å². The van der Waals surface area contributed by atoms with Crippen LogP contribution in [0.2, 0.25) is 0 Å². The van der Waals surface area contributed by atoms with Crippen molar-refractivity contribution in [2.24, 2.45) is 5.92 Å². The number of esters is 1. The molecule has 0 radical (unpaired) electrons. The van der Waals surface area contributed by atoms with Gasteiger partial charge < -0.3 is 9.47 Å². The minimum atomic E-state index is -0.939. The summed E-state index contributed by atoms with van der Waals surface area (Å²) in [6, 6.07) is 0. The first-order valence-electron chi connectivity index (χ1n) is 5.85. The molecule has 0 spiro atoms. The van der Waals surface area contributed by atoms with Gasteiger partial charge in [0.05, 0.1) is 6.10 Å². The second-order valence-electron chi connectivity index (χ2n) is 5.26. The molecule has 0 aromatic heterocycles. The molecule has 2 aliphatic rings. The lowest BCUT2D eigenvalue weighted by atomic mass is 9.70. The third-order valence-corrected chi connectivity index (χ3v) is 4.03. The summed E-state index contributed by atoms with van der Waals surface area (Å²) in [6.45, 7) is 9.25. The summed E-state index contributed by atoms with van der Waals surface area (Å²) in [7, 11) is 0. The highest BCUT2D eigenvalue weighted by Gasteiger charge is 2.71. The van der Waals surface area contributed by atoms with E-state index in [1.54, 1.807) is 0 Å². The molecular formula is C14H18O3. The van der Waals surface area contributed by atoms with Crippen LogP contribution in [0.25, 0.3) is 0 Å². The highest BCUT2D eigenvalue weighted by atomic mass is 16.7. The van der Waals surface area contributed by atoms with Gasteiger partial charge in [-0.1, -0.05) is 18.1 Å². The number of hydrogen-bond acceptors (Lipinski definition) is 3. The number of allylic oxidation sites excluding steroid dienone is 1. The van der Waals surface area contributed by atoms with Crippen molar-refractivity contribution >= 4 is 5.97 Å². The van der Waals surface area contributed by atoms with E-state index >= 15 is 0 Å². The van der Waals surface area contributed by atoms with Crippen LogP contribution in [0, 0.1) is 18.3 Å². The summed E-state index contributed by atoms with van der Waals surface area (Å²) in [5.74, 6) is 2.55. The quantitative estimate of drug-likeness (QED) is 0.318. The molecule has 1 aliphatic carbocycles. The predicted molar refractivity (Wildman–Crippen MR) is 64.1 cm³/mol. The van der Waals surface area contributed by atoms with Gasteiger partial charge in [0, 0.05) is 13.3 Å². The van der Waals surface area contributed by atoms with Crippen LogP contribution in [0.4, 0.5) is 0 Å². The average Bonchev–Trinajstić information content (AvgIpc) is 2.89. The lowest BCUT2D eigenvalue weighted by molar-refractivity contribution is -0.159. The maximum atomic E-state index is 11.3. The summed E-state index contributed by atoms with van der Waals surface area (Å²) in [6.07, 6.45) is 7.21. The molecule has 2 fully saturated rings. The Morgan fingerprint density at radius 2 is 2.24 bits per heavy atom. The lowest BCUT2D eigenvalue weighted by Gasteiger charge is -2.38. The fourth-order valence-electron chi connectivity index (χ4n) is 2.78. The van der Waals surface area contributed by atoms with Gasteiger partial charge >= 0.3 is 5.97 Å². The molecule has 0 aromatic rings. The van der Waals surface area contributed by atoms with Crippen LogP contribution in [0.3, 0.4) is 0 Å². The van der Waals surface area contributed by atoms with E-state index < -0.39 is 11.2 Å². The van der Waals surface area contributed by atoms with Crippen LogP contribution in [-0.2, 0) is 14.3 Å². The molecule has 0 amide bonds. The molecule has 0 bridgehead atoms. The molecule has 0 unspecified atom stereocenters. The lowest BCUT2D eigenvalue weighted by Crippen LogP contribution is -2.51. The van der Waals surface area contributed by atoms with Gasteiger partial charge in [0.15, 0.2) is 0 Å². The number of carbonyl (C=O) groups is 1. The number of hydrogen-bond donors (Lipinski definition) is 0. The Bertz CT molecular complexity index is 420. The molecule has 1 saturated carbocycles. The maximum absolute atomic E-state index is 11.3. The van der Waals surface area contributed by atoms with Gasteiger partial charge in [0.2, 0.25) is 5.60 Å². The highest BCUT2D eigenvalue weighted by Crippen LogP contribution is 2.57. The Kier molecular flexibility index (Phi) is 2.59. The smallest absolute Gasteiger partial charge is 0.304 e. The summed E-state index contributed by atoms with van der Waals surface area (Å²) >= 11 is 0. The van der Waals surface area contributed by atoms with E-state index in [4.69, 9.17) is 15.9 Å². The minimum Gasteiger partial charge on any atom is -0.443 e. The number of epoxide rings is 1. The van der Waals surface area contributed by atoms with E-state index in [2.05, 4.69) is 12.5 Å². The van der Waals surface area contributed by atoms with Crippen LogP contribution in [0.15, 0.2) is 12.2 Å². The zero-order valence-electron chi connectivity index (χ0n) is 10.6. The molecule has 1 heterocycles. The second kappa shape index (κ2) is 3.61.